The predicted octanol–water partition coefficient (Wildman–Crippen LogP) is 5.17. The van der Waals surface area contributed by atoms with E-state index in [9.17, 15) is 4.39 Å². The number of hydrogen-bond donors (Lipinski definition) is 3. The summed E-state index contributed by atoms with van der Waals surface area (Å²) in [6.45, 7) is 3.57. The maximum atomic E-state index is 14.6. The van der Waals surface area contributed by atoms with E-state index >= 15 is 0 Å². The molecule has 7 rings (SSSR count). The normalized spacial score (nSPS) is 14.1. The number of aromatic amines is 3. The van der Waals surface area contributed by atoms with E-state index in [0.29, 0.717) is 40.6 Å². The number of nitrogens with one attached hydrogen (secondary N) is 3. The van der Waals surface area contributed by atoms with Gasteiger partial charge in [0.1, 0.15) is 29.4 Å². The highest BCUT2D eigenvalue weighted by atomic mass is 19.1. The minimum atomic E-state index is -0.357. The van der Waals surface area contributed by atoms with Crippen molar-refractivity contribution in [1.29, 1.82) is 0 Å². The van der Waals surface area contributed by atoms with Gasteiger partial charge in [-0.2, -0.15) is 10.2 Å². The van der Waals surface area contributed by atoms with Gasteiger partial charge in [0, 0.05) is 41.5 Å². The molecule has 0 amide bonds. The Morgan fingerprint density at radius 2 is 1.92 bits per heavy atom. The minimum Gasteiger partial charge on any atom is -0.492 e. The number of imidazole rings is 1. The Balaban J connectivity index is 1.23. The molecular weight excluding hydrogens is 483 g/mol. The van der Waals surface area contributed by atoms with Crippen LogP contribution in [-0.2, 0) is 0 Å². The van der Waals surface area contributed by atoms with E-state index in [1.807, 2.05) is 30.5 Å². The molecule has 1 aliphatic heterocycles. The summed E-state index contributed by atoms with van der Waals surface area (Å²) in [7, 11) is 0. The molecule has 0 aliphatic carbocycles. The number of H-pyrrole nitrogens is 3. The molecule has 0 atom stereocenters. The predicted molar refractivity (Wildman–Crippen MR) is 143 cm³/mol. The van der Waals surface area contributed by atoms with Crippen LogP contribution in [0.3, 0.4) is 0 Å². The smallest absolute Gasteiger partial charge is 0.160 e. The molecule has 1 aliphatic rings. The molecule has 0 spiro atoms. The van der Waals surface area contributed by atoms with Crippen LogP contribution in [-0.4, -0.2) is 66.5 Å². The molecule has 0 radical (unpaired) electrons. The highest BCUT2D eigenvalue weighted by Gasteiger charge is 2.18. The van der Waals surface area contributed by atoms with Crippen LogP contribution >= 0.6 is 0 Å². The molecule has 9 nitrogen and oxygen atoms in total. The summed E-state index contributed by atoms with van der Waals surface area (Å²) < 4.78 is 20.6. The number of fused-ring (bicyclic) bond motifs is 2. The monoisotopic (exact) mass is 508 g/mol. The van der Waals surface area contributed by atoms with Crippen molar-refractivity contribution in [2.24, 2.45) is 0 Å². The molecule has 5 heterocycles. The average Bonchev–Trinajstić information content (AvgIpc) is 3.73. The maximum Gasteiger partial charge on any atom is 0.160 e. The standard InChI is InChI=1S/C28H25FN8O/c29-20-11-18(12-21(14-20)38-10-9-37-7-1-2-8-37)22-5-6-30-27-25(22)33-28(34-27)26-23-13-17(19-15-31-32-16-19)3-4-24(23)35-36-26/h3-6,11-16H,1-2,7-10H2,(H,31,32)(H,35,36)(H,30,33,34). The molecule has 4 aromatic heterocycles. The van der Waals surface area contributed by atoms with Gasteiger partial charge in [0.05, 0.1) is 11.7 Å². The highest BCUT2D eigenvalue weighted by Crippen LogP contribution is 2.33. The van der Waals surface area contributed by atoms with Crippen molar-refractivity contribution in [1.82, 2.24) is 40.2 Å². The van der Waals surface area contributed by atoms with E-state index in [1.54, 1.807) is 12.4 Å². The third-order valence-corrected chi connectivity index (χ3v) is 7.06. The van der Waals surface area contributed by atoms with Gasteiger partial charge in [-0.1, -0.05) is 6.07 Å². The molecule has 10 heteroatoms. The molecule has 190 valence electrons. The zero-order valence-electron chi connectivity index (χ0n) is 20.5. The van der Waals surface area contributed by atoms with Gasteiger partial charge in [-0.05, 0) is 67.4 Å². The summed E-state index contributed by atoms with van der Waals surface area (Å²) in [4.78, 5) is 15.0. The molecule has 1 saturated heterocycles. The van der Waals surface area contributed by atoms with Crippen molar-refractivity contribution in [3.63, 3.8) is 0 Å². The fraction of sp³-hybridized carbons (Fsp3) is 0.214. The van der Waals surface area contributed by atoms with Crippen LogP contribution in [0.15, 0.2) is 61.1 Å². The van der Waals surface area contributed by atoms with Gasteiger partial charge in [-0.3, -0.25) is 15.1 Å². The molecule has 1 fully saturated rings. The first-order valence-electron chi connectivity index (χ1n) is 12.7. The number of likely N-dealkylation sites (tertiary alicyclic amines) is 1. The lowest BCUT2D eigenvalue weighted by Crippen LogP contribution is -2.25. The lowest BCUT2D eigenvalue weighted by molar-refractivity contribution is 0.237. The first-order valence-corrected chi connectivity index (χ1v) is 12.7. The maximum absolute atomic E-state index is 14.6. The Labute approximate surface area is 217 Å². The van der Waals surface area contributed by atoms with E-state index in [-0.39, 0.29) is 5.82 Å². The zero-order valence-corrected chi connectivity index (χ0v) is 20.5. The second-order valence-corrected chi connectivity index (χ2v) is 9.53. The van der Waals surface area contributed by atoms with Gasteiger partial charge in [-0.15, -0.1) is 0 Å². The summed E-state index contributed by atoms with van der Waals surface area (Å²) in [5.74, 6) is 0.725. The van der Waals surface area contributed by atoms with Crippen molar-refractivity contribution in [3.05, 3.63) is 66.9 Å². The van der Waals surface area contributed by atoms with Crippen molar-refractivity contribution in [3.8, 4) is 39.5 Å². The van der Waals surface area contributed by atoms with Crippen molar-refractivity contribution in [2.45, 2.75) is 12.8 Å². The topological polar surface area (TPSA) is 111 Å². The highest BCUT2D eigenvalue weighted by molar-refractivity contribution is 5.97. The van der Waals surface area contributed by atoms with Crippen LogP contribution in [0, 0.1) is 5.82 Å². The van der Waals surface area contributed by atoms with E-state index in [1.165, 1.54) is 25.0 Å². The zero-order chi connectivity index (χ0) is 25.5. The van der Waals surface area contributed by atoms with E-state index in [0.717, 1.165) is 47.2 Å². The van der Waals surface area contributed by atoms with Gasteiger partial charge in [0.15, 0.2) is 11.5 Å². The number of hydrogen-bond acceptors (Lipinski definition) is 6. The molecule has 0 saturated carbocycles. The first kappa shape index (κ1) is 22.6. The molecule has 6 aromatic rings. The summed E-state index contributed by atoms with van der Waals surface area (Å²) in [6, 6.07) is 12.7. The quantitative estimate of drug-likeness (QED) is 0.274. The Hall–Kier alpha value is -4.57. The number of aromatic nitrogens is 7. The van der Waals surface area contributed by atoms with Crippen molar-refractivity contribution >= 4 is 22.1 Å². The van der Waals surface area contributed by atoms with Crippen LogP contribution in [0.4, 0.5) is 4.39 Å². The number of ether oxygens (including phenoxy) is 1. The average molecular weight is 509 g/mol. The molecule has 0 bridgehead atoms. The van der Waals surface area contributed by atoms with Crippen molar-refractivity contribution in [2.75, 3.05) is 26.2 Å². The molecule has 2 aromatic carbocycles. The lowest BCUT2D eigenvalue weighted by Gasteiger charge is -2.15. The number of halogens is 1. The summed E-state index contributed by atoms with van der Waals surface area (Å²) in [5, 5.41) is 15.4. The SMILES string of the molecule is Fc1cc(OCCN2CCCC2)cc(-c2ccnc3[nH]c(-c4n[nH]c5ccc(-c6cn[nH]c6)cc45)nc23)c1. The van der Waals surface area contributed by atoms with Crippen LogP contribution in [0.2, 0.25) is 0 Å². The summed E-state index contributed by atoms with van der Waals surface area (Å²) in [5.41, 5.74) is 6.25. The summed E-state index contributed by atoms with van der Waals surface area (Å²) in [6.07, 6.45) is 7.78. The lowest BCUT2D eigenvalue weighted by atomic mass is 10.1. The molecule has 38 heavy (non-hydrogen) atoms. The van der Waals surface area contributed by atoms with Crippen LogP contribution < -0.4 is 4.74 Å². The van der Waals surface area contributed by atoms with Gasteiger partial charge in [0.2, 0.25) is 0 Å². The fourth-order valence-corrected chi connectivity index (χ4v) is 5.14. The minimum absolute atomic E-state index is 0.357. The fourth-order valence-electron chi connectivity index (χ4n) is 5.14. The molecular formula is C28H25FN8O. The van der Waals surface area contributed by atoms with Crippen LogP contribution in [0.1, 0.15) is 12.8 Å². The van der Waals surface area contributed by atoms with Gasteiger partial charge >= 0.3 is 0 Å². The van der Waals surface area contributed by atoms with Gasteiger partial charge < -0.3 is 9.72 Å². The summed E-state index contributed by atoms with van der Waals surface area (Å²) >= 11 is 0. The van der Waals surface area contributed by atoms with Gasteiger partial charge in [-0.25, -0.2) is 14.4 Å². The van der Waals surface area contributed by atoms with Crippen molar-refractivity contribution < 1.29 is 9.13 Å². The molecule has 0 unspecified atom stereocenters. The van der Waals surface area contributed by atoms with E-state index < -0.39 is 0 Å². The Bertz CT molecular complexity index is 1730. The third-order valence-electron chi connectivity index (χ3n) is 7.06. The van der Waals surface area contributed by atoms with Gasteiger partial charge in [0.25, 0.3) is 0 Å². The van der Waals surface area contributed by atoms with Crippen LogP contribution in [0.25, 0.3) is 55.8 Å². The number of benzene rings is 2. The molecule has 3 N–H and O–H groups in total. The number of pyridine rings is 1. The van der Waals surface area contributed by atoms with Crippen LogP contribution in [0.5, 0.6) is 5.75 Å². The Kier molecular flexibility index (Phi) is 5.58. The van der Waals surface area contributed by atoms with E-state index in [4.69, 9.17) is 9.72 Å². The second kappa shape index (κ2) is 9.38. The second-order valence-electron chi connectivity index (χ2n) is 9.53. The number of rotatable bonds is 7. The first-order chi connectivity index (χ1) is 18.7. The van der Waals surface area contributed by atoms with E-state index in [2.05, 4.69) is 41.3 Å². The third kappa shape index (κ3) is 4.18. The Morgan fingerprint density at radius 3 is 2.79 bits per heavy atom. The number of nitrogens with zero attached hydrogens (tertiary/aromatic N) is 5. The Morgan fingerprint density at radius 1 is 1.00 bits per heavy atom. The largest absolute Gasteiger partial charge is 0.492 e.